The topological polar surface area (TPSA) is 0 Å². The van der Waals surface area contributed by atoms with E-state index in [1.54, 1.807) is 0 Å². The van der Waals surface area contributed by atoms with Gasteiger partial charge in [-0.15, -0.1) is 27.0 Å². The van der Waals surface area contributed by atoms with Crippen molar-refractivity contribution in [1.29, 1.82) is 0 Å². The van der Waals surface area contributed by atoms with Crippen LogP contribution in [-0.4, -0.2) is 10.3 Å². The van der Waals surface area contributed by atoms with Gasteiger partial charge >= 0.3 is 0 Å². The molecule has 0 nitrogen and oxygen atoms in total. The molecule has 1 aliphatic rings. The van der Waals surface area contributed by atoms with E-state index in [1.807, 2.05) is 6.92 Å². The van der Waals surface area contributed by atoms with Gasteiger partial charge in [0.2, 0.25) is 0 Å². The third-order valence-electron chi connectivity index (χ3n) is 7.24. The highest BCUT2D eigenvalue weighted by Gasteiger charge is 2.22. The van der Waals surface area contributed by atoms with Gasteiger partial charge in [0.1, 0.15) is 0 Å². The minimum absolute atomic E-state index is 0.633. The largest absolute Gasteiger partial charge is 0.118 e. The van der Waals surface area contributed by atoms with E-state index in [0.29, 0.717) is 5.92 Å². The predicted octanol–water partition coefficient (Wildman–Crippen LogP) is 9.51. The van der Waals surface area contributed by atoms with Gasteiger partial charge in [0.25, 0.3) is 0 Å². The lowest BCUT2D eigenvalue weighted by atomic mass is 9.78. The zero-order valence-electron chi connectivity index (χ0n) is 21.2. The first-order chi connectivity index (χ1) is 17.2. The Morgan fingerprint density at radius 2 is 1.44 bits per heavy atom. The molecule has 1 aliphatic carbocycles. The summed E-state index contributed by atoms with van der Waals surface area (Å²) in [5, 5.41) is 2.23. The van der Waals surface area contributed by atoms with E-state index in [4.69, 9.17) is 0 Å². The maximum atomic E-state index is 4.40. The molecule has 0 N–H and O–H groups in total. The Bertz CT molecular complexity index is 1340. The fourth-order valence-electron chi connectivity index (χ4n) is 4.58. The van der Waals surface area contributed by atoms with Crippen LogP contribution in [0.5, 0.6) is 0 Å². The molecular formula is C33H35P3. The van der Waals surface area contributed by atoms with Crippen LogP contribution in [0.3, 0.4) is 0 Å². The van der Waals surface area contributed by atoms with Crippen LogP contribution in [0, 0.1) is 5.92 Å². The molecule has 36 heavy (non-hydrogen) atoms. The van der Waals surface area contributed by atoms with Gasteiger partial charge in [-0.3, -0.25) is 0 Å². The van der Waals surface area contributed by atoms with Gasteiger partial charge in [-0.25, -0.2) is 0 Å². The normalized spacial score (nSPS) is 13.1. The predicted molar refractivity (Wildman–Crippen MR) is 171 cm³/mol. The molecule has 0 spiro atoms. The Morgan fingerprint density at radius 3 is 2.00 bits per heavy atom. The molecule has 0 aromatic heterocycles. The standard InChI is InChI=1S/C33H35P3/c1-21(2)25-12-14-28(15-13-25)31-19-29(27-10-8-24(9-11-27)18-22(3)33(35)36)16-17-30(31)20-32(34)23(4)26-6-5-7-26/h8-17,19,26,34-35H,1,3-7,18,20,36H2,2H3. The van der Waals surface area contributed by atoms with Gasteiger partial charge in [-0.1, -0.05) is 92.4 Å². The van der Waals surface area contributed by atoms with Crippen molar-refractivity contribution in [1.82, 2.24) is 0 Å². The van der Waals surface area contributed by atoms with Gasteiger partial charge in [0, 0.05) is 6.42 Å². The summed E-state index contributed by atoms with van der Waals surface area (Å²) >= 11 is 0. The first-order valence-corrected chi connectivity index (χ1v) is 14.1. The van der Waals surface area contributed by atoms with Gasteiger partial charge in [0.05, 0.1) is 0 Å². The van der Waals surface area contributed by atoms with E-state index in [-0.39, 0.29) is 0 Å². The molecule has 3 heteroatoms. The van der Waals surface area contributed by atoms with Crippen molar-refractivity contribution in [3.05, 3.63) is 114 Å². The number of hydrogen-bond donors (Lipinski definition) is 0. The lowest BCUT2D eigenvalue weighted by molar-refractivity contribution is 0.379. The third kappa shape index (κ3) is 6.31. The zero-order valence-corrected chi connectivity index (χ0v) is 24.3. The molecule has 0 saturated heterocycles. The Labute approximate surface area is 223 Å². The molecule has 3 aromatic carbocycles. The maximum absolute atomic E-state index is 4.40. The van der Waals surface area contributed by atoms with E-state index in [0.717, 1.165) is 29.0 Å². The lowest BCUT2D eigenvalue weighted by Gasteiger charge is -2.28. The molecule has 1 fully saturated rings. The Morgan fingerprint density at radius 1 is 0.833 bits per heavy atom. The second kappa shape index (κ2) is 11.8. The third-order valence-corrected chi connectivity index (χ3v) is 8.50. The molecule has 0 amide bonds. The van der Waals surface area contributed by atoms with Crippen molar-refractivity contribution in [2.75, 3.05) is 0 Å². The summed E-state index contributed by atoms with van der Waals surface area (Å²) in [7, 11) is 10.2. The van der Waals surface area contributed by atoms with E-state index >= 15 is 0 Å². The Kier molecular flexibility index (Phi) is 8.75. The first-order valence-electron chi connectivity index (χ1n) is 12.5. The summed E-state index contributed by atoms with van der Waals surface area (Å²) < 4.78 is 0. The SMILES string of the molecule is C=C(Cc1ccc(-c2ccc(CC(=P)C(=C)C3CCC3)c(-c3ccc(C(=C)C)cc3)c2)cc1)C(=P)P. The van der Waals surface area contributed by atoms with Gasteiger partial charge in [0.15, 0.2) is 0 Å². The van der Waals surface area contributed by atoms with E-state index in [9.17, 15) is 0 Å². The van der Waals surface area contributed by atoms with Crippen LogP contribution in [0.2, 0.25) is 0 Å². The van der Waals surface area contributed by atoms with Crippen LogP contribution in [-0.2, 0) is 12.8 Å². The van der Waals surface area contributed by atoms with Gasteiger partial charge < -0.3 is 0 Å². The van der Waals surface area contributed by atoms with E-state index < -0.39 is 0 Å². The number of benzene rings is 3. The van der Waals surface area contributed by atoms with E-state index in [2.05, 4.69) is 113 Å². The molecule has 0 heterocycles. The summed E-state index contributed by atoms with van der Waals surface area (Å²) in [6.07, 6.45) is 5.52. The van der Waals surface area contributed by atoms with Crippen molar-refractivity contribution in [2.24, 2.45) is 5.92 Å². The highest BCUT2D eigenvalue weighted by Crippen LogP contribution is 2.36. The number of allylic oxidation sites excluding steroid dienone is 3. The smallest absolute Gasteiger partial charge is 0.00211 e. The minimum Gasteiger partial charge on any atom is -0.118 e. The minimum atomic E-state index is 0.633. The average molecular weight is 525 g/mol. The number of hydrogen-bond acceptors (Lipinski definition) is 0. The molecule has 1 unspecified atom stereocenters. The van der Waals surface area contributed by atoms with E-state index in [1.165, 1.54) is 69.1 Å². The summed E-state index contributed by atoms with van der Waals surface area (Å²) in [6, 6.07) is 24.4. The Hall–Kier alpha value is -2.35. The quantitative estimate of drug-likeness (QED) is 0.232. The van der Waals surface area contributed by atoms with Crippen LogP contribution in [0.1, 0.15) is 42.9 Å². The average Bonchev–Trinajstić information content (AvgIpc) is 2.83. The Balaban J connectivity index is 1.66. The summed E-state index contributed by atoms with van der Waals surface area (Å²) in [5.41, 5.74) is 12.1. The van der Waals surface area contributed by atoms with Crippen molar-refractivity contribution in [3.8, 4) is 22.3 Å². The van der Waals surface area contributed by atoms with Crippen LogP contribution in [0.4, 0.5) is 0 Å². The first kappa shape index (κ1) is 26.7. The molecule has 0 bridgehead atoms. The highest BCUT2D eigenvalue weighted by molar-refractivity contribution is 7.57. The van der Waals surface area contributed by atoms with Crippen molar-refractivity contribution in [3.63, 3.8) is 0 Å². The summed E-state index contributed by atoms with van der Waals surface area (Å²) in [5.74, 6) is 0.633. The highest BCUT2D eigenvalue weighted by atomic mass is 31.1. The zero-order chi connectivity index (χ0) is 25.8. The van der Waals surface area contributed by atoms with Gasteiger partial charge in [-0.05, 0) is 98.6 Å². The molecule has 1 atom stereocenters. The van der Waals surface area contributed by atoms with Gasteiger partial charge in [-0.2, -0.15) is 0 Å². The molecule has 3 aromatic rings. The van der Waals surface area contributed by atoms with Crippen LogP contribution in [0.15, 0.2) is 97.6 Å². The fraction of sp³-hybridized carbons (Fsp3) is 0.212. The second-order valence-corrected chi connectivity index (χ2v) is 12.2. The molecule has 182 valence electrons. The lowest BCUT2D eigenvalue weighted by Crippen LogP contribution is -2.19. The summed E-state index contributed by atoms with van der Waals surface area (Å²) in [6.45, 7) is 14.7. The molecule has 0 radical (unpaired) electrons. The van der Waals surface area contributed by atoms with Crippen molar-refractivity contribution < 1.29 is 0 Å². The molecule has 4 rings (SSSR count). The number of rotatable bonds is 10. The van der Waals surface area contributed by atoms with Crippen molar-refractivity contribution in [2.45, 2.75) is 39.0 Å². The van der Waals surface area contributed by atoms with Crippen LogP contribution in [0.25, 0.3) is 27.8 Å². The second-order valence-electron chi connectivity index (χ2n) is 9.93. The maximum Gasteiger partial charge on any atom is 0.00211 e. The van der Waals surface area contributed by atoms with Crippen LogP contribution >= 0.6 is 27.0 Å². The van der Waals surface area contributed by atoms with Crippen LogP contribution < -0.4 is 0 Å². The molecule has 1 saturated carbocycles. The molecular weight excluding hydrogens is 489 g/mol. The molecule has 0 aliphatic heterocycles. The fourth-order valence-corrected chi connectivity index (χ4v) is 5.16. The monoisotopic (exact) mass is 524 g/mol. The summed E-state index contributed by atoms with van der Waals surface area (Å²) in [4.78, 5) is 0. The van der Waals surface area contributed by atoms with Crippen molar-refractivity contribution >= 4 is 42.9 Å².